The maximum absolute atomic E-state index is 12.3. The third-order valence-electron chi connectivity index (χ3n) is 4.65. The number of hydrogen-bond acceptors (Lipinski definition) is 2. The second kappa shape index (κ2) is 7.67. The van der Waals surface area contributed by atoms with Gasteiger partial charge >= 0.3 is 0 Å². The van der Waals surface area contributed by atoms with Crippen LogP contribution in [0.25, 0.3) is 0 Å². The molecule has 0 bridgehead atoms. The molecule has 134 valence electrons. The second-order valence-electron chi connectivity index (χ2n) is 9.36. The van der Waals surface area contributed by atoms with E-state index in [9.17, 15) is 9.59 Å². The Morgan fingerprint density at radius 2 is 1.52 bits per heavy atom. The first-order valence-electron chi connectivity index (χ1n) is 8.98. The summed E-state index contributed by atoms with van der Waals surface area (Å²) >= 11 is 0. The fraction of sp³-hybridized carbons (Fsp3) is 0.895. The summed E-state index contributed by atoms with van der Waals surface area (Å²) in [6.07, 6.45) is 3.16. The molecule has 1 aliphatic carbocycles. The third kappa shape index (κ3) is 6.52. The van der Waals surface area contributed by atoms with E-state index in [0.717, 1.165) is 32.4 Å². The first-order chi connectivity index (χ1) is 10.4. The summed E-state index contributed by atoms with van der Waals surface area (Å²) in [6.45, 7) is 15.6. The van der Waals surface area contributed by atoms with Crippen LogP contribution >= 0.6 is 0 Å². The van der Waals surface area contributed by atoms with Gasteiger partial charge < -0.3 is 10.6 Å². The van der Waals surface area contributed by atoms with Crippen molar-refractivity contribution in [3.8, 4) is 0 Å². The molecule has 0 spiro atoms. The molecule has 0 atom stereocenters. The summed E-state index contributed by atoms with van der Waals surface area (Å²) in [5, 5.41) is 6.09. The summed E-state index contributed by atoms with van der Waals surface area (Å²) in [5.74, 6) is 1.94. The van der Waals surface area contributed by atoms with Crippen molar-refractivity contribution in [3.63, 3.8) is 0 Å². The van der Waals surface area contributed by atoms with Crippen LogP contribution < -0.4 is 10.6 Å². The Hall–Kier alpha value is -1.06. The van der Waals surface area contributed by atoms with E-state index >= 15 is 0 Å². The molecule has 0 aromatic heterocycles. The number of nitrogens with one attached hydrogen (secondary N) is 2. The lowest BCUT2D eigenvalue weighted by atomic mass is 9.67. The Balaban J connectivity index is 2.29. The summed E-state index contributed by atoms with van der Waals surface area (Å²) in [4.78, 5) is 24.2. The van der Waals surface area contributed by atoms with Gasteiger partial charge in [0.2, 0.25) is 11.8 Å². The first kappa shape index (κ1) is 20.0. The second-order valence-corrected chi connectivity index (χ2v) is 9.36. The highest BCUT2D eigenvalue weighted by Crippen LogP contribution is 2.41. The molecule has 4 nitrogen and oxygen atoms in total. The van der Waals surface area contributed by atoms with Crippen LogP contribution in [-0.2, 0) is 9.59 Å². The molecule has 0 radical (unpaired) electrons. The van der Waals surface area contributed by atoms with E-state index < -0.39 is 0 Å². The van der Waals surface area contributed by atoms with E-state index in [0.29, 0.717) is 17.8 Å². The largest absolute Gasteiger partial charge is 0.355 e. The molecule has 0 aliphatic heterocycles. The Kier molecular flexibility index (Phi) is 6.67. The lowest BCUT2D eigenvalue weighted by Gasteiger charge is -2.40. The Morgan fingerprint density at radius 1 is 0.957 bits per heavy atom. The Bertz CT molecular complexity index is 416. The van der Waals surface area contributed by atoms with E-state index in [2.05, 4.69) is 24.5 Å². The maximum atomic E-state index is 12.3. The van der Waals surface area contributed by atoms with Crippen LogP contribution in [0.15, 0.2) is 0 Å². The van der Waals surface area contributed by atoms with Crippen LogP contribution in [-0.4, -0.2) is 24.9 Å². The van der Waals surface area contributed by atoms with Gasteiger partial charge in [0.15, 0.2) is 0 Å². The molecule has 23 heavy (non-hydrogen) atoms. The summed E-state index contributed by atoms with van der Waals surface area (Å²) in [7, 11) is 0. The van der Waals surface area contributed by atoms with Gasteiger partial charge in [-0.15, -0.1) is 0 Å². The highest BCUT2D eigenvalue weighted by molar-refractivity contribution is 5.82. The summed E-state index contributed by atoms with van der Waals surface area (Å²) < 4.78 is 0. The fourth-order valence-electron chi connectivity index (χ4n) is 3.06. The van der Waals surface area contributed by atoms with E-state index in [1.165, 1.54) is 0 Å². The highest BCUT2D eigenvalue weighted by atomic mass is 16.2. The molecular formula is C19H36N2O2. The molecule has 0 saturated heterocycles. The molecule has 0 aromatic rings. The van der Waals surface area contributed by atoms with Gasteiger partial charge in [0.05, 0.1) is 0 Å². The Morgan fingerprint density at radius 3 is 2.00 bits per heavy atom. The van der Waals surface area contributed by atoms with Gasteiger partial charge in [-0.3, -0.25) is 9.59 Å². The van der Waals surface area contributed by atoms with Crippen molar-refractivity contribution in [1.82, 2.24) is 10.6 Å². The smallest absolute Gasteiger partial charge is 0.225 e. The average molecular weight is 325 g/mol. The fourth-order valence-corrected chi connectivity index (χ4v) is 3.06. The zero-order chi connectivity index (χ0) is 17.8. The minimum absolute atomic E-state index is 0.120. The molecule has 2 amide bonds. The molecule has 0 aromatic carbocycles. The first-order valence-corrected chi connectivity index (χ1v) is 8.98. The molecule has 1 rings (SSSR count). The molecule has 1 fully saturated rings. The molecule has 1 saturated carbocycles. The molecule has 1 aliphatic rings. The number of carbonyl (C=O) groups is 2. The van der Waals surface area contributed by atoms with Crippen LogP contribution in [0.2, 0.25) is 0 Å². The molecule has 4 heteroatoms. The minimum atomic E-state index is -0.320. The van der Waals surface area contributed by atoms with Gasteiger partial charge in [0, 0.05) is 23.9 Å². The lowest BCUT2D eigenvalue weighted by Crippen LogP contribution is -2.44. The van der Waals surface area contributed by atoms with Crippen molar-refractivity contribution in [2.75, 3.05) is 13.1 Å². The molecule has 2 N–H and O–H groups in total. The number of amides is 2. The van der Waals surface area contributed by atoms with Crippen molar-refractivity contribution in [1.29, 1.82) is 0 Å². The van der Waals surface area contributed by atoms with E-state index in [1.807, 2.05) is 34.6 Å². The van der Waals surface area contributed by atoms with Gasteiger partial charge in [-0.2, -0.15) is 0 Å². The normalized spacial score (nSPS) is 21.7. The SMILES string of the molecule is CC(C)CNC(=O)C(C)(C)CC1CC(CNC(=O)C(C)(C)C)C1. The van der Waals surface area contributed by atoms with Crippen molar-refractivity contribution in [3.05, 3.63) is 0 Å². The van der Waals surface area contributed by atoms with Gasteiger partial charge in [0.25, 0.3) is 0 Å². The van der Waals surface area contributed by atoms with Crippen LogP contribution in [0.1, 0.15) is 67.7 Å². The third-order valence-corrected chi connectivity index (χ3v) is 4.65. The predicted octanol–water partition coefficient (Wildman–Crippen LogP) is 3.36. The number of carbonyl (C=O) groups excluding carboxylic acids is 2. The van der Waals surface area contributed by atoms with Crippen molar-refractivity contribution < 1.29 is 9.59 Å². The quantitative estimate of drug-likeness (QED) is 0.754. The van der Waals surface area contributed by atoms with Gasteiger partial charge in [-0.25, -0.2) is 0 Å². The van der Waals surface area contributed by atoms with Crippen LogP contribution in [0, 0.1) is 28.6 Å². The van der Waals surface area contributed by atoms with Crippen LogP contribution in [0.3, 0.4) is 0 Å². The van der Waals surface area contributed by atoms with Gasteiger partial charge in [-0.05, 0) is 37.0 Å². The standard InChI is InChI=1S/C19H36N2O2/c1-13(2)11-20-17(23)19(6,7)10-14-8-15(9-14)12-21-16(22)18(3,4)5/h13-15H,8-12H2,1-7H3,(H,20,23)(H,21,22). The lowest BCUT2D eigenvalue weighted by molar-refractivity contribution is -0.131. The van der Waals surface area contributed by atoms with Crippen LogP contribution in [0.4, 0.5) is 0 Å². The molecule has 0 unspecified atom stereocenters. The molecular weight excluding hydrogens is 288 g/mol. The van der Waals surface area contributed by atoms with E-state index in [1.54, 1.807) is 0 Å². The Labute approximate surface area is 142 Å². The minimum Gasteiger partial charge on any atom is -0.355 e. The monoisotopic (exact) mass is 324 g/mol. The van der Waals surface area contributed by atoms with Crippen molar-refractivity contribution in [2.24, 2.45) is 28.6 Å². The average Bonchev–Trinajstić information content (AvgIpc) is 2.36. The number of rotatable bonds is 7. The van der Waals surface area contributed by atoms with E-state index in [4.69, 9.17) is 0 Å². The number of hydrogen-bond donors (Lipinski definition) is 2. The van der Waals surface area contributed by atoms with Gasteiger partial charge in [-0.1, -0.05) is 48.5 Å². The summed E-state index contributed by atoms with van der Waals surface area (Å²) in [6, 6.07) is 0. The predicted molar refractivity (Wildman–Crippen MR) is 94.9 cm³/mol. The highest BCUT2D eigenvalue weighted by Gasteiger charge is 2.37. The zero-order valence-corrected chi connectivity index (χ0v) is 16.1. The summed E-state index contributed by atoms with van der Waals surface area (Å²) in [5.41, 5.74) is -0.626. The van der Waals surface area contributed by atoms with E-state index in [-0.39, 0.29) is 22.6 Å². The van der Waals surface area contributed by atoms with Gasteiger partial charge in [0.1, 0.15) is 0 Å². The zero-order valence-electron chi connectivity index (χ0n) is 16.1. The topological polar surface area (TPSA) is 58.2 Å². The maximum Gasteiger partial charge on any atom is 0.225 e. The molecule has 0 heterocycles. The van der Waals surface area contributed by atoms with Crippen molar-refractivity contribution in [2.45, 2.75) is 67.7 Å². The van der Waals surface area contributed by atoms with Crippen LogP contribution in [0.5, 0.6) is 0 Å². The van der Waals surface area contributed by atoms with Crippen molar-refractivity contribution >= 4 is 11.8 Å².